The summed E-state index contributed by atoms with van der Waals surface area (Å²) in [5.74, 6) is 2.10. The third-order valence-electron chi connectivity index (χ3n) is 5.73. The van der Waals surface area contributed by atoms with Gasteiger partial charge in [0.25, 0.3) is 5.56 Å². The number of methoxy groups -OCH3 is 2. The van der Waals surface area contributed by atoms with E-state index >= 15 is 0 Å². The van der Waals surface area contributed by atoms with Crippen molar-refractivity contribution < 1.29 is 9.47 Å². The summed E-state index contributed by atoms with van der Waals surface area (Å²) in [5.41, 5.74) is 2.39. The highest BCUT2D eigenvalue weighted by Gasteiger charge is 2.24. The quantitative estimate of drug-likeness (QED) is 0.577. The smallest absolute Gasteiger partial charge is 0.264 e. The summed E-state index contributed by atoms with van der Waals surface area (Å²) < 4.78 is 12.6. The number of hydrogen-bond donors (Lipinski definition) is 0. The molecule has 0 saturated heterocycles. The maximum atomic E-state index is 13.5. The lowest BCUT2D eigenvalue weighted by atomic mass is 9.97. The van der Waals surface area contributed by atoms with Crippen LogP contribution in [0.2, 0.25) is 0 Å². The summed E-state index contributed by atoms with van der Waals surface area (Å²) in [7, 11) is 5.25. The van der Waals surface area contributed by atoms with Crippen LogP contribution >= 0.6 is 11.3 Å². The number of ether oxygens (including phenoxy) is 2. The van der Waals surface area contributed by atoms with E-state index in [-0.39, 0.29) is 11.6 Å². The molecule has 2 heterocycles. The summed E-state index contributed by atoms with van der Waals surface area (Å²) >= 11 is 1.70. The van der Waals surface area contributed by atoms with E-state index in [1.807, 2.05) is 48.6 Å². The second-order valence-corrected chi connectivity index (χ2v) is 9.20. The van der Waals surface area contributed by atoms with Crippen LogP contribution in [0.15, 0.2) is 23.0 Å². The Kier molecular flexibility index (Phi) is 5.73. The molecule has 160 valence electrons. The standard InChI is InChI=1S/C23H29N3O3S/c1-14(2)26-22(27)20-16-8-6-7-9-19(16)30-21(20)24-23(26)25(3)13-15-10-11-17(28-4)18(12-15)29-5/h10-12,14H,6-9,13H2,1-5H3. The van der Waals surface area contributed by atoms with E-state index in [1.165, 1.54) is 16.9 Å². The third kappa shape index (κ3) is 3.55. The first kappa shape index (κ1) is 20.7. The lowest BCUT2D eigenvalue weighted by Crippen LogP contribution is -2.31. The van der Waals surface area contributed by atoms with Crippen molar-refractivity contribution in [2.45, 2.75) is 52.1 Å². The number of rotatable bonds is 6. The minimum atomic E-state index is 0.0244. The molecular weight excluding hydrogens is 398 g/mol. The molecule has 0 spiro atoms. The van der Waals surface area contributed by atoms with Gasteiger partial charge in [-0.2, -0.15) is 0 Å². The van der Waals surface area contributed by atoms with Crippen LogP contribution in [0.1, 0.15) is 48.7 Å². The maximum Gasteiger partial charge on any atom is 0.264 e. The van der Waals surface area contributed by atoms with Crippen molar-refractivity contribution in [3.8, 4) is 11.5 Å². The number of nitrogens with zero attached hydrogens (tertiary/aromatic N) is 3. The van der Waals surface area contributed by atoms with Crippen LogP contribution in [0.3, 0.4) is 0 Å². The summed E-state index contributed by atoms with van der Waals surface area (Å²) in [6.45, 7) is 4.69. The molecule has 6 nitrogen and oxygen atoms in total. The van der Waals surface area contributed by atoms with Crippen LogP contribution in [0, 0.1) is 0 Å². The molecule has 0 aliphatic heterocycles. The zero-order valence-electron chi connectivity index (χ0n) is 18.3. The first-order chi connectivity index (χ1) is 14.4. The molecule has 0 N–H and O–H groups in total. The zero-order chi connectivity index (χ0) is 21.4. The second-order valence-electron chi connectivity index (χ2n) is 8.12. The van der Waals surface area contributed by atoms with E-state index in [9.17, 15) is 4.79 Å². The minimum absolute atomic E-state index is 0.0244. The molecular formula is C23H29N3O3S. The van der Waals surface area contributed by atoms with Crippen LogP contribution in [0.4, 0.5) is 5.95 Å². The highest BCUT2D eigenvalue weighted by Crippen LogP contribution is 2.35. The van der Waals surface area contributed by atoms with Gasteiger partial charge in [0.05, 0.1) is 19.6 Å². The van der Waals surface area contributed by atoms with Gasteiger partial charge in [-0.1, -0.05) is 6.07 Å². The number of thiophene rings is 1. The van der Waals surface area contributed by atoms with Crippen molar-refractivity contribution in [2.24, 2.45) is 0 Å². The van der Waals surface area contributed by atoms with Crippen molar-refractivity contribution in [1.82, 2.24) is 9.55 Å². The largest absolute Gasteiger partial charge is 0.493 e. The Hall–Kier alpha value is -2.54. The summed E-state index contributed by atoms with van der Waals surface area (Å²) in [6.07, 6.45) is 4.41. The lowest BCUT2D eigenvalue weighted by Gasteiger charge is -2.24. The molecule has 3 aromatic rings. The third-order valence-corrected chi connectivity index (χ3v) is 6.91. The van der Waals surface area contributed by atoms with E-state index in [2.05, 4.69) is 0 Å². The fraction of sp³-hybridized carbons (Fsp3) is 0.478. The number of fused-ring (bicyclic) bond motifs is 3. The van der Waals surface area contributed by atoms with Crippen LogP contribution in [-0.4, -0.2) is 30.8 Å². The Morgan fingerprint density at radius 2 is 1.90 bits per heavy atom. The summed E-state index contributed by atoms with van der Waals surface area (Å²) in [5, 5.41) is 0.840. The van der Waals surface area contributed by atoms with Crippen molar-refractivity contribution >= 4 is 27.5 Å². The van der Waals surface area contributed by atoms with Gasteiger partial charge in [-0.15, -0.1) is 11.3 Å². The SMILES string of the molecule is COc1ccc(CN(C)c2nc3sc4c(c3c(=O)n2C(C)C)CCCC4)cc1OC. The molecule has 0 unspecified atom stereocenters. The van der Waals surface area contributed by atoms with E-state index in [1.54, 1.807) is 25.6 Å². The molecule has 30 heavy (non-hydrogen) atoms. The Labute approximate surface area is 181 Å². The predicted molar refractivity (Wildman–Crippen MR) is 123 cm³/mol. The first-order valence-corrected chi connectivity index (χ1v) is 11.2. The van der Waals surface area contributed by atoms with E-state index in [0.29, 0.717) is 24.0 Å². The summed E-state index contributed by atoms with van der Waals surface area (Å²) in [6, 6.07) is 5.91. The van der Waals surface area contributed by atoms with Gasteiger partial charge in [0, 0.05) is 24.5 Å². The molecule has 1 aliphatic carbocycles. The number of hydrogen-bond acceptors (Lipinski definition) is 6. The van der Waals surface area contributed by atoms with Crippen LogP contribution in [0.25, 0.3) is 10.2 Å². The van der Waals surface area contributed by atoms with Gasteiger partial charge < -0.3 is 14.4 Å². The molecule has 4 rings (SSSR count). The van der Waals surface area contributed by atoms with Crippen LogP contribution in [-0.2, 0) is 19.4 Å². The van der Waals surface area contributed by atoms with Gasteiger partial charge in [-0.25, -0.2) is 4.98 Å². The molecule has 0 amide bonds. The topological polar surface area (TPSA) is 56.6 Å². The van der Waals surface area contributed by atoms with E-state index < -0.39 is 0 Å². The molecule has 0 fully saturated rings. The van der Waals surface area contributed by atoms with Crippen LogP contribution < -0.4 is 19.9 Å². The van der Waals surface area contributed by atoms with E-state index in [4.69, 9.17) is 14.5 Å². The monoisotopic (exact) mass is 427 g/mol. The van der Waals surface area contributed by atoms with Gasteiger partial charge in [-0.3, -0.25) is 9.36 Å². The minimum Gasteiger partial charge on any atom is -0.493 e. The van der Waals surface area contributed by atoms with Crippen molar-refractivity contribution in [2.75, 3.05) is 26.2 Å². The zero-order valence-corrected chi connectivity index (χ0v) is 19.1. The molecule has 1 aromatic carbocycles. The Balaban J connectivity index is 1.78. The molecule has 0 saturated carbocycles. The fourth-order valence-corrected chi connectivity index (χ4v) is 5.51. The Bertz CT molecular complexity index is 1130. The predicted octanol–water partition coefficient (Wildman–Crippen LogP) is 4.57. The van der Waals surface area contributed by atoms with Gasteiger partial charge in [0.15, 0.2) is 11.5 Å². The van der Waals surface area contributed by atoms with Crippen molar-refractivity contribution in [3.63, 3.8) is 0 Å². The molecule has 2 aromatic heterocycles. The fourth-order valence-electron chi connectivity index (χ4n) is 4.27. The number of benzene rings is 1. The molecule has 0 radical (unpaired) electrons. The lowest BCUT2D eigenvalue weighted by molar-refractivity contribution is 0.354. The van der Waals surface area contributed by atoms with Crippen molar-refractivity contribution in [3.05, 3.63) is 44.6 Å². The number of anilines is 1. The molecule has 7 heteroatoms. The highest BCUT2D eigenvalue weighted by molar-refractivity contribution is 7.18. The van der Waals surface area contributed by atoms with Crippen molar-refractivity contribution in [1.29, 1.82) is 0 Å². The second kappa shape index (κ2) is 8.30. The Morgan fingerprint density at radius 3 is 2.60 bits per heavy atom. The van der Waals surface area contributed by atoms with Gasteiger partial charge in [-0.05, 0) is 62.8 Å². The number of aryl methyl sites for hydroxylation is 2. The van der Waals surface area contributed by atoms with Gasteiger partial charge >= 0.3 is 0 Å². The van der Waals surface area contributed by atoms with E-state index in [0.717, 1.165) is 35.0 Å². The number of aromatic nitrogens is 2. The van der Waals surface area contributed by atoms with Gasteiger partial charge in [0.1, 0.15) is 4.83 Å². The normalized spacial score (nSPS) is 13.5. The van der Waals surface area contributed by atoms with Gasteiger partial charge in [0.2, 0.25) is 5.95 Å². The van der Waals surface area contributed by atoms with Crippen LogP contribution in [0.5, 0.6) is 11.5 Å². The highest BCUT2D eigenvalue weighted by atomic mass is 32.1. The summed E-state index contributed by atoms with van der Waals surface area (Å²) in [4.78, 5) is 22.8. The molecule has 0 bridgehead atoms. The molecule has 0 atom stereocenters. The Morgan fingerprint density at radius 1 is 1.17 bits per heavy atom. The average Bonchev–Trinajstić information content (AvgIpc) is 3.11. The maximum absolute atomic E-state index is 13.5. The first-order valence-electron chi connectivity index (χ1n) is 10.4. The average molecular weight is 428 g/mol. The molecule has 1 aliphatic rings.